The monoisotopic (exact) mass is 468 g/mol. The third kappa shape index (κ3) is 6.01. The van der Waals surface area contributed by atoms with Crippen LogP contribution in [0, 0.1) is 16.0 Å². The second-order valence-corrected chi connectivity index (χ2v) is 10.2. The Morgan fingerprint density at radius 3 is 2.58 bits per heavy atom. The summed E-state index contributed by atoms with van der Waals surface area (Å²) in [6.45, 7) is 0. The predicted molar refractivity (Wildman–Crippen MR) is 111 cm³/mol. The van der Waals surface area contributed by atoms with Gasteiger partial charge in [0.2, 0.25) is 5.91 Å². The maximum absolute atomic E-state index is 12.0. The highest BCUT2D eigenvalue weighted by molar-refractivity contribution is 7.99. The van der Waals surface area contributed by atoms with Crippen LogP contribution in [0.25, 0.3) is 0 Å². The Balaban J connectivity index is 1.46. The van der Waals surface area contributed by atoms with Crippen molar-refractivity contribution < 1.29 is 22.9 Å². The molecule has 1 aliphatic heterocycles. The van der Waals surface area contributed by atoms with E-state index < -0.39 is 26.6 Å². The fourth-order valence-corrected chi connectivity index (χ4v) is 5.63. The summed E-state index contributed by atoms with van der Waals surface area (Å²) < 4.78 is 24.9. The van der Waals surface area contributed by atoms with Gasteiger partial charge in [-0.05, 0) is 24.5 Å². The van der Waals surface area contributed by atoms with Crippen molar-refractivity contribution in [3.63, 3.8) is 0 Å². The number of carbonyl (C=O) groups excluding carboxylic acids is 2. The number of non-ortho nitro benzene ring substituents is 1. The number of hydrazine groups is 1. The lowest BCUT2D eigenvalue weighted by molar-refractivity contribution is -0.384. The molecule has 1 aromatic carbocycles. The number of carbonyl (C=O) groups is 2. The molecule has 0 aliphatic carbocycles. The van der Waals surface area contributed by atoms with Crippen molar-refractivity contribution in [1.29, 1.82) is 0 Å². The fraction of sp³-hybridized carbons (Fsp3) is 0.412. The zero-order chi connectivity index (χ0) is 22.6. The molecule has 1 aliphatic rings. The maximum Gasteiger partial charge on any atom is 0.269 e. The van der Waals surface area contributed by atoms with E-state index >= 15 is 0 Å². The molecule has 1 atom stereocenters. The Labute approximate surface area is 181 Å². The molecule has 12 nitrogen and oxygen atoms in total. The van der Waals surface area contributed by atoms with Crippen LogP contribution in [0.3, 0.4) is 0 Å². The summed E-state index contributed by atoms with van der Waals surface area (Å²) in [5.74, 6) is -0.112. The number of benzene rings is 1. The number of hydrogen-bond donors (Lipinski definition) is 2. The van der Waals surface area contributed by atoms with Gasteiger partial charge in [0, 0.05) is 31.2 Å². The number of amides is 2. The molecule has 2 aromatic rings. The van der Waals surface area contributed by atoms with Crippen molar-refractivity contribution in [1.82, 2.24) is 25.6 Å². The molecule has 166 valence electrons. The lowest BCUT2D eigenvalue weighted by atomic mass is 10.1. The van der Waals surface area contributed by atoms with Crippen LogP contribution in [0.2, 0.25) is 0 Å². The maximum atomic E-state index is 12.0. The van der Waals surface area contributed by atoms with E-state index in [4.69, 9.17) is 0 Å². The summed E-state index contributed by atoms with van der Waals surface area (Å²) in [6, 6.07) is 4.95. The van der Waals surface area contributed by atoms with Crippen LogP contribution in [0.4, 0.5) is 5.69 Å². The van der Waals surface area contributed by atoms with Crippen LogP contribution in [0.1, 0.15) is 22.6 Å². The van der Waals surface area contributed by atoms with Gasteiger partial charge < -0.3 is 4.57 Å². The van der Waals surface area contributed by atoms with Gasteiger partial charge >= 0.3 is 0 Å². The smallest absolute Gasteiger partial charge is 0.269 e. The van der Waals surface area contributed by atoms with Crippen molar-refractivity contribution in [2.24, 2.45) is 13.0 Å². The number of nitrogens with one attached hydrogen (secondary N) is 2. The molecule has 0 bridgehead atoms. The lowest BCUT2D eigenvalue weighted by Gasteiger charge is -2.08. The second kappa shape index (κ2) is 9.43. The third-order valence-corrected chi connectivity index (χ3v) is 7.57. The first-order valence-corrected chi connectivity index (χ1v) is 12.0. The summed E-state index contributed by atoms with van der Waals surface area (Å²) in [4.78, 5) is 34.1. The Hall–Kier alpha value is -3.00. The molecule has 0 spiro atoms. The van der Waals surface area contributed by atoms with E-state index in [9.17, 15) is 28.1 Å². The molecule has 31 heavy (non-hydrogen) atoms. The largest absolute Gasteiger partial charge is 0.309 e. The zero-order valence-corrected chi connectivity index (χ0v) is 18.1. The molecular formula is C17H20N6O6S2. The summed E-state index contributed by atoms with van der Waals surface area (Å²) in [6.07, 6.45) is 1.11. The molecule has 2 amide bonds. The van der Waals surface area contributed by atoms with Crippen LogP contribution < -0.4 is 10.9 Å². The van der Waals surface area contributed by atoms with Gasteiger partial charge in [0.15, 0.2) is 15.0 Å². The number of sulfone groups is 1. The molecule has 2 heterocycles. The van der Waals surface area contributed by atoms with Crippen molar-refractivity contribution >= 4 is 39.1 Å². The standard InChI is InChI=1S/C17H20N6O6S2/c1-22-14(8-11-6-7-31(28,29)10-11)18-21-17(22)30-9-15(24)19-20-16(25)12-2-4-13(5-3-12)23(26)27/h2-5,11H,6-10H2,1H3,(H,19,24)(H,20,25). The van der Waals surface area contributed by atoms with Crippen molar-refractivity contribution in [2.45, 2.75) is 18.0 Å². The third-order valence-electron chi connectivity index (χ3n) is 4.71. The van der Waals surface area contributed by atoms with Crippen molar-refractivity contribution in [3.8, 4) is 0 Å². The van der Waals surface area contributed by atoms with E-state index in [1.165, 1.54) is 24.3 Å². The quantitative estimate of drug-likeness (QED) is 0.329. The Morgan fingerprint density at radius 1 is 1.26 bits per heavy atom. The first-order valence-electron chi connectivity index (χ1n) is 9.20. The molecular weight excluding hydrogens is 448 g/mol. The summed E-state index contributed by atoms with van der Waals surface area (Å²) in [7, 11) is -1.22. The van der Waals surface area contributed by atoms with Gasteiger partial charge in [-0.25, -0.2) is 8.42 Å². The lowest BCUT2D eigenvalue weighted by Crippen LogP contribution is -2.42. The van der Waals surface area contributed by atoms with Crippen LogP contribution >= 0.6 is 11.8 Å². The molecule has 0 radical (unpaired) electrons. The van der Waals surface area contributed by atoms with Gasteiger partial charge in [0.05, 0.1) is 22.2 Å². The highest BCUT2D eigenvalue weighted by Crippen LogP contribution is 2.23. The zero-order valence-electron chi connectivity index (χ0n) is 16.5. The average molecular weight is 469 g/mol. The number of nitro benzene ring substituents is 1. The molecule has 2 N–H and O–H groups in total. The SMILES string of the molecule is Cn1c(CC2CCS(=O)(=O)C2)nnc1SCC(=O)NNC(=O)c1ccc([N+](=O)[O-])cc1. The molecule has 14 heteroatoms. The fourth-order valence-electron chi connectivity index (χ4n) is 3.04. The topological polar surface area (TPSA) is 166 Å². The van der Waals surface area contributed by atoms with Gasteiger partial charge in [-0.15, -0.1) is 10.2 Å². The van der Waals surface area contributed by atoms with E-state index in [1.54, 1.807) is 11.6 Å². The highest BCUT2D eigenvalue weighted by Gasteiger charge is 2.29. The van der Waals surface area contributed by atoms with E-state index in [0.717, 1.165) is 11.8 Å². The van der Waals surface area contributed by atoms with E-state index in [2.05, 4.69) is 21.0 Å². The second-order valence-electron chi connectivity index (χ2n) is 7.03. The highest BCUT2D eigenvalue weighted by atomic mass is 32.2. The van der Waals surface area contributed by atoms with E-state index in [-0.39, 0.29) is 34.4 Å². The van der Waals surface area contributed by atoms with Crippen molar-refractivity contribution in [2.75, 3.05) is 17.3 Å². The molecule has 0 saturated carbocycles. The first kappa shape index (κ1) is 22.7. The van der Waals surface area contributed by atoms with Crippen LogP contribution in [0.15, 0.2) is 29.4 Å². The summed E-state index contributed by atoms with van der Waals surface area (Å²) in [5.41, 5.74) is 4.52. The number of thioether (sulfide) groups is 1. The molecule has 3 rings (SSSR count). The predicted octanol–water partition coefficient (Wildman–Crippen LogP) is 0.254. The van der Waals surface area contributed by atoms with Crippen LogP contribution in [0.5, 0.6) is 0 Å². The van der Waals surface area contributed by atoms with Gasteiger partial charge in [0.1, 0.15) is 5.82 Å². The van der Waals surface area contributed by atoms with Crippen LogP contribution in [-0.4, -0.2) is 57.2 Å². The summed E-state index contributed by atoms with van der Waals surface area (Å²) >= 11 is 1.12. The Kier molecular flexibility index (Phi) is 6.90. The Bertz CT molecular complexity index is 1100. The molecule has 1 fully saturated rings. The molecule has 1 aromatic heterocycles. The number of rotatable bonds is 7. The number of hydrogen-bond acceptors (Lipinski definition) is 9. The molecule has 1 unspecified atom stereocenters. The van der Waals surface area contributed by atoms with Gasteiger partial charge in [-0.2, -0.15) is 0 Å². The Morgan fingerprint density at radius 2 is 1.97 bits per heavy atom. The summed E-state index contributed by atoms with van der Waals surface area (Å²) in [5, 5.41) is 19.2. The first-order chi connectivity index (χ1) is 14.6. The number of aromatic nitrogens is 3. The van der Waals surface area contributed by atoms with Gasteiger partial charge in [-0.1, -0.05) is 11.8 Å². The normalized spacial score (nSPS) is 17.3. The minimum absolute atomic E-state index is 0.0173. The number of nitrogens with zero attached hydrogens (tertiary/aromatic N) is 4. The van der Waals surface area contributed by atoms with Crippen molar-refractivity contribution in [3.05, 3.63) is 45.8 Å². The van der Waals surface area contributed by atoms with E-state index in [1.807, 2.05) is 0 Å². The average Bonchev–Trinajstić information content (AvgIpc) is 3.26. The van der Waals surface area contributed by atoms with Crippen LogP contribution in [-0.2, 0) is 28.1 Å². The number of nitro groups is 1. The van der Waals surface area contributed by atoms with Gasteiger partial charge in [0.25, 0.3) is 11.6 Å². The molecule has 1 saturated heterocycles. The van der Waals surface area contributed by atoms with E-state index in [0.29, 0.717) is 23.8 Å². The minimum Gasteiger partial charge on any atom is -0.309 e. The minimum atomic E-state index is -2.96. The van der Waals surface area contributed by atoms with Gasteiger partial charge in [-0.3, -0.25) is 30.6 Å².